The fourth-order valence-electron chi connectivity index (χ4n) is 7.68. The Morgan fingerprint density at radius 2 is 1.97 bits per heavy atom. The van der Waals surface area contributed by atoms with Crippen molar-refractivity contribution < 1.29 is 19.1 Å². The molecule has 0 amide bonds. The molecule has 0 heterocycles. The third-order valence-corrected chi connectivity index (χ3v) is 11.3. The Morgan fingerprint density at radius 1 is 1.28 bits per heavy atom. The molecule has 0 N–H and O–H groups in total. The van der Waals surface area contributed by atoms with Gasteiger partial charge in [0.25, 0.3) is 0 Å². The highest BCUT2D eigenvalue weighted by Crippen LogP contribution is 2.73. The summed E-state index contributed by atoms with van der Waals surface area (Å²) in [7, 11) is 0. The highest BCUT2D eigenvalue weighted by molar-refractivity contribution is 9.09. The molecule has 0 bridgehead atoms. The maximum atomic E-state index is 13.5. The Kier molecular flexibility index (Phi) is 6.08. The van der Waals surface area contributed by atoms with Gasteiger partial charge in [-0.2, -0.15) is 0 Å². The zero-order chi connectivity index (χ0) is 23.7. The van der Waals surface area contributed by atoms with Crippen LogP contribution in [0.2, 0.25) is 0 Å². The van der Waals surface area contributed by atoms with Crippen LogP contribution in [-0.2, 0) is 19.1 Å². The van der Waals surface area contributed by atoms with Crippen LogP contribution in [0.4, 0.5) is 0 Å². The summed E-state index contributed by atoms with van der Waals surface area (Å²) in [5, 5.41) is -0.342. The summed E-state index contributed by atoms with van der Waals surface area (Å²) in [5.41, 5.74) is -1.34. The van der Waals surface area contributed by atoms with E-state index in [0.29, 0.717) is 6.42 Å². The van der Waals surface area contributed by atoms with Crippen molar-refractivity contribution in [2.45, 2.75) is 75.7 Å². The summed E-state index contributed by atoms with van der Waals surface area (Å²) < 4.78 is 6.10. The van der Waals surface area contributed by atoms with Gasteiger partial charge < -0.3 is 4.74 Å². The van der Waals surface area contributed by atoms with Crippen LogP contribution in [0.5, 0.6) is 0 Å². The second-order valence-corrected chi connectivity index (χ2v) is 12.2. The van der Waals surface area contributed by atoms with Gasteiger partial charge in [0, 0.05) is 23.2 Å². The number of allylic oxidation sites excluding steroid dienone is 4. The van der Waals surface area contributed by atoms with Crippen molar-refractivity contribution in [2.24, 2.45) is 28.6 Å². The largest absolute Gasteiger partial charge is 0.450 e. The Bertz CT molecular complexity index is 931. The number of ether oxygens (including phenoxy) is 1. The Hall–Kier alpha value is -0.650. The molecular formula is C25H31BrCl2O4. The predicted molar refractivity (Wildman–Crippen MR) is 129 cm³/mol. The minimum absolute atomic E-state index is 0.00846. The second kappa shape index (κ2) is 7.95. The number of carbonyl (C=O) groups excluding carboxylic acids is 3. The molecule has 0 radical (unpaired) electrons. The van der Waals surface area contributed by atoms with Crippen LogP contribution in [-0.4, -0.2) is 38.7 Å². The number of ketones is 2. The van der Waals surface area contributed by atoms with Crippen LogP contribution in [0.1, 0.15) is 59.8 Å². The standard InChI is InChI=1S/C25H31BrCl2O4/c1-5-21(31)32-25(20(30)13-26)14(2)10-18-17-7-6-15-11-16(29)8-9-22(15,3)24(17,28)19(27)12-23(18,25)4/h8-9,11,14,17-19H,5-7,10,12-13H2,1-4H3/t14?,17-,18-,19?,22-,23-,24-,25-/m0/s1. The number of fused-ring (bicyclic) bond motifs is 5. The normalized spacial score (nSPS) is 47.2. The molecule has 0 saturated heterocycles. The first kappa shape index (κ1) is 24.5. The van der Waals surface area contributed by atoms with E-state index in [1.807, 2.05) is 13.0 Å². The van der Waals surface area contributed by atoms with E-state index in [-0.39, 0.29) is 47.0 Å². The minimum Gasteiger partial charge on any atom is -0.450 e. The zero-order valence-electron chi connectivity index (χ0n) is 19.1. The van der Waals surface area contributed by atoms with Crippen LogP contribution in [0.15, 0.2) is 23.8 Å². The molecule has 8 atom stereocenters. The fraction of sp³-hybridized carbons (Fsp3) is 0.720. The van der Waals surface area contributed by atoms with E-state index < -0.39 is 26.7 Å². The Morgan fingerprint density at radius 3 is 2.59 bits per heavy atom. The van der Waals surface area contributed by atoms with Gasteiger partial charge in [0.05, 0.1) is 15.6 Å². The van der Waals surface area contributed by atoms with Crippen LogP contribution >= 0.6 is 39.1 Å². The lowest BCUT2D eigenvalue weighted by Gasteiger charge is -2.64. The minimum atomic E-state index is -1.23. The smallest absolute Gasteiger partial charge is 0.306 e. The first-order valence-electron chi connectivity index (χ1n) is 11.5. The van der Waals surface area contributed by atoms with E-state index in [4.69, 9.17) is 27.9 Å². The maximum absolute atomic E-state index is 13.5. The average molecular weight is 546 g/mol. The molecule has 176 valence electrons. The van der Waals surface area contributed by atoms with Gasteiger partial charge in [-0.1, -0.05) is 55.3 Å². The Balaban J connectivity index is 1.85. The molecule has 4 rings (SSSR count). The van der Waals surface area contributed by atoms with Crippen molar-refractivity contribution in [3.05, 3.63) is 23.8 Å². The third kappa shape index (κ3) is 2.89. The van der Waals surface area contributed by atoms with Crippen molar-refractivity contribution in [1.29, 1.82) is 0 Å². The summed E-state index contributed by atoms with van der Waals surface area (Å²) >= 11 is 18.1. The van der Waals surface area contributed by atoms with Gasteiger partial charge in [0.2, 0.25) is 0 Å². The molecule has 3 fully saturated rings. The van der Waals surface area contributed by atoms with Crippen LogP contribution in [0.3, 0.4) is 0 Å². The molecule has 0 aromatic rings. The molecule has 0 aromatic carbocycles. The number of halogens is 3. The third-order valence-electron chi connectivity index (χ3n) is 9.24. The van der Waals surface area contributed by atoms with Crippen LogP contribution < -0.4 is 0 Å². The second-order valence-electron chi connectivity index (χ2n) is 10.5. The molecule has 0 spiro atoms. The van der Waals surface area contributed by atoms with Crippen molar-refractivity contribution in [2.75, 3.05) is 5.33 Å². The van der Waals surface area contributed by atoms with Crippen LogP contribution in [0, 0.1) is 28.6 Å². The lowest BCUT2D eigenvalue weighted by molar-refractivity contribution is -0.192. The van der Waals surface area contributed by atoms with E-state index in [1.54, 1.807) is 19.1 Å². The molecule has 3 saturated carbocycles. The van der Waals surface area contributed by atoms with Crippen molar-refractivity contribution in [3.8, 4) is 0 Å². The zero-order valence-corrected chi connectivity index (χ0v) is 22.1. The summed E-state index contributed by atoms with van der Waals surface area (Å²) in [6, 6.07) is 0. The average Bonchev–Trinajstić information content (AvgIpc) is 2.96. The quantitative estimate of drug-likeness (QED) is 0.332. The van der Waals surface area contributed by atoms with Crippen molar-refractivity contribution in [3.63, 3.8) is 0 Å². The Labute approximate surface area is 208 Å². The van der Waals surface area contributed by atoms with Gasteiger partial charge in [0.1, 0.15) is 0 Å². The van der Waals surface area contributed by atoms with Gasteiger partial charge in [-0.15, -0.1) is 23.2 Å². The van der Waals surface area contributed by atoms with Gasteiger partial charge in [0.15, 0.2) is 17.2 Å². The van der Waals surface area contributed by atoms with Gasteiger partial charge >= 0.3 is 5.97 Å². The number of carbonyl (C=O) groups is 3. The SMILES string of the molecule is CCC(=O)O[C@]1(C(=O)CBr)C(C)C[C@H]2[C@@H]3CCC4=CC(=O)C=C[C@]4(C)[C@@]3(Cl)C(Cl)C[C@@]21C. The number of hydrogen-bond donors (Lipinski definition) is 0. The maximum Gasteiger partial charge on any atom is 0.306 e. The molecular weight excluding hydrogens is 515 g/mol. The van der Waals surface area contributed by atoms with E-state index >= 15 is 0 Å². The van der Waals surface area contributed by atoms with E-state index in [9.17, 15) is 14.4 Å². The lowest BCUT2D eigenvalue weighted by atomic mass is 9.46. The highest BCUT2D eigenvalue weighted by atomic mass is 79.9. The topological polar surface area (TPSA) is 60.4 Å². The van der Waals surface area contributed by atoms with Crippen LogP contribution in [0.25, 0.3) is 0 Å². The number of alkyl halides is 3. The molecule has 4 aliphatic carbocycles. The monoisotopic (exact) mass is 544 g/mol. The lowest BCUT2D eigenvalue weighted by Crippen LogP contribution is -2.68. The molecule has 2 unspecified atom stereocenters. The molecule has 4 nitrogen and oxygen atoms in total. The molecule has 0 aromatic heterocycles. The summed E-state index contributed by atoms with van der Waals surface area (Å²) in [6.07, 6.45) is 8.24. The first-order chi connectivity index (χ1) is 14.9. The van der Waals surface area contributed by atoms with Crippen molar-refractivity contribution >= 4 is 56.7 Å². The van der Waals surface area contributed by atoms with Crippen molar-refractivity contribution in [1.82, 2.24) is 0 Å². The van der Waals surface area contributed by atoms with E-state index in [1.165, 1.54) is 0 Å². The number of rotatable bonds is 4. The fourth-order valence-corrected chi connectivity index (χ4v) is 9.33. The van der Waals surface area contributed by atoms with Gasteiger partial charge in [-0.05, 0) is 49.7 Å². The molecule has 4 aliphatic rings. The number of Topliss-reactive ketones (excluding diaryl/α,β-unsaturated/α-hetero) is 1. The highest BCUT2D eigenvalue weighted by Gasteiger charge is 2.76. The summed E-state index contributed by atoms with van der Waals surface area (Å²) in [5.74, 6) is -0.523. The molecule has 0 aliphatic heterocycles. The number of esters is 1. The predicted octanol–water partition coefficient (Wildman–Crippen LogP) is 5.78. The van der Waals surface area contributed by atoms with E-state index in [0.717, 1.165) is 24.8 Å². The summed E-state index contributed by atoms with van der Waals surface area (Å²) in [6.45, 7) is 7.92. The molecule has 7 heteroatoms. The van der Waals surface area contributed by atoms with E-state index in [2.05, 4.69) is 29.8 Å². The first-order valence-corrected chi connectivity index (χ1v) is 13.4. The molecule has 32 heavy (non-hydrogen) atoms. The summed E-state index contributed by atoms with van der Waals surface area (Å²) in [4.78, 5) is 37.3. The number of hydrogen-bond acceptors (Lipinski definition) is 4. The van der Waals surface area contributed by atoms with Gasteiger partial charge in [-0.25, -0.2) is 0 Å². The van der Waals surface area contributed by atoms with Gasteiger partial charge in [-0.3, -0.25) is 14.4 Å².